The van der Waals surface area contributed by atoms with Crippen molar-refractivity contribution in [2.24, 2.45) is 5.73 Å². The molecule has 2 aromatic rings. The first-order chi connectivity index (χ1) is 14.4. The second-order valence-electron chi connectivity index (χ2n) is 7.25. The Morgan fingerprint density at radius 1 is 1.10 bits per heavy atom. The zero-order chi connectivity index (χ0) is 21.3. The van der Waals surface area contributed by atoms with Gasteiger partial charge in [0.1, 0.15) is 5.00 Å². The second kappa shape index (κ2) is 8.27. The number of esters is 1. The lowest BCUT2D eigenvalue weighted by Crippen LogP contribution is -2.24. The molecule has 156 valence electrons. The molecule has 0 atom stereocenters. The first-order valence-electron chi connectivity index (χ1n) is 9.76. The molecule has 1 saturated heterocycles. The van der Waals surface area contributed by atoms with Gasteiger partial charge in [0.25, 0.3) is 11.8 Å². The van der Waals surface area contributed by atoms with Crippen LogP contribution in [0.25, 0.3) is 0 Å². The van der Waals surface area contributed by atoms with Gasteiger partial charge in [0.2, 0.25) is 5.91 Å². The van der Waals surface area contributed by atoms with Gasteiger partial charge in [0.05, 0.1) is 11.1 Å². The van der Waals surface area contributed by atoms with Crippen molar-refractivity contribution in [2.75, 3.05) is 23.4 Å². The number of hydrogen-bond donors (Lipinski definition) is 2. The molecule has 0 saturated carbocycles. The number of nitrogens with zero attached hydrogens (tertiary/aromatic N) is 1. The van der Waals surface area contributed by atoms with E-state index in [1.807, 2.05) is 0 Å². The smallest absolute Gasteiger partial charge is 0.338 e. The summed E-state index contributed by atoms with van der Waals surface area (Å²) in [7, 11) is 0. The molecule has 8 nitrogen and oxygen atoms in total. The summed E-state index contributed by atoms with van der Waals surface area (Å²) in [6, 6.07) is 6.50. The summed E-state index contributed by atoms with van der Waals surface area (Å²) in [5.41, 5.74) is 7.77. The molecule has 4 rings (SSSR count). The normalized spacial score (nSPS) is 15.2. The molecule has 30 heavy (non-hydrogen) atoms. The molecule has 0 bridgehead atoms. The lowest BCUT2D eigenvalue weighted by molar-refractivity contribution is -0.119. The van der Waals surface area contributed by atoms with Crippen LogP contribution in [0.15, 0.2) is 24.3 Å². The maximum Gasteiger partial charge on any atom is 0.338 e. The Balaban J connectivity index is 1.35. The van der Waals surface area contributed by atoms with Crippen molar-refractivity contribution >= 4 is 45.7 Å². The standard InChI is InChI=1S/C21H21N3O5S/c22-19(27)18-14-3-1-4-15(14)30-20(18)23-16(25)11-29-21(28)12-6-8-13(9-7-12)24-10-2-5-17(24)26/h6-9H,1-5,10-11H2,(H2,22,27)(H,23,25). The molecule has 2 aliphatic rings. The summed E-state index contributed by atoms with van der Waals surface area (Å²) in [5, 5.41) is 3.05. The van der Waals surface area contributed by atoms with Crippen LogP contribution in [0.1, 0.15) is 50.4 Å². The highest BCUT2D eigenvalue weighted by molar-refractivity contribution is 7.17. The van der Waals surface area contributed by atoms with E-state index < -0.39 is 24.4 Å². The molecule has 1 aliphatic heterocycles. The van der Waals surface area contributed by atoms with Gasteiger partial charge in [-0.3, -0.25) is 14.4 Å². The van der Waals surface area contributed by atoms with E-state index in [4.69, 9.17) is 10.5 Å². The number of nitrogens with one attached hydrogen (secondary N) is 1. The van der Waals surface area contributed by atoms with Crippen molar-refractivity contribution in [2.45, 2.75) is 32.1 Å². The summed E-state index contributed by atoms with van der Waals surface area (Å²) in [4.78, 5) is 50.8. The van der Waals surface area contributed by atoms with Crippen LogP contribution in [0, 0.1) is 0 Å². The maximum absolute atomic E-state index is 12.2. The van der Waals surface area contributed by atoms with Crippen LogP contribution in [0.5, 0.6) is 0 Å². The average molecular weight is 427 g/mol. The average Bonchev–Trinajstić information content (AvgIpc) is 3.42. The van der Waals surface area contributed by atoms with E-state index in [1.165, 1.54) is 11.3 Å². The molecule has 0 radical (unpaired) electrons. The van der Waals surface area contributed by atoms with E-state index in [0.717, 1.165) is 41.8 Å². The molecular weight excluding hydrogens is 406 g/mol. The van der Waals surface area contributed by atoms with Gasteiger partial charge in [-0.15, -0.1) is 11.3 Å². The predicted molar refractivity (Wildman–Crippen MR) is 112 cm³/mol. The van der Waals surface area contributed by atoms with Gasteiger partial charge in [0.15, 0.2) is 6.61 Å². The fourth-order valence-electron chi connectivity index (χ4n) is 3.83. The van der Waals surface area contributed by atoms with Crippen LogP contribution in [0.4, 0.5) is 10.7 Å². The van der Waals surface area contributed by atoms with Crippen molar-refractivity contribution in [1.82, 2.24) is 0 Å². The van der Waals surface area contributed by atoms with Crippen molar-refractivity contribution in [3.63, 3.8) is 0 Å². The van der Waals surface area contributed by atoms with Crippen LogP contribution in [-0.4, -0.2) is 36.8 Å². The Kier molecular flexibility index (Phi) is 5.54. The number of amides is 3. The SMILES string of the molecule is NC(=O)c1c(NC(=O)COC(=O)c2ccc(N3CCCC3=O)cc2)sc2c1CCC2. The summed E-state index contributed by atoms with van der Waals surface area (Å²) in [6.45, 7) is 0.189. The Labute approximate surface area is 177 Å². The Bertz CT molecular complexity index is 1030. The number of thiophene rings is 1. The zero-order valence-corrected chi connectivity index (χ0v) is 17.0. The first-order valence-corrected chi connectivity index (χ1v) is 10.6. The lowest BCUT2D eigenvalue weighted by atomic mass is 10.1. The van der Waals surface area contributed by atoms with Gasteiger partial charge < -0.3 is 20.7 Å². The number of carbonyl (C=O) groups is 4. The number of hydrogen-bond acceptors (Lipinski definition) is 6. The number of carbonyl (C=O) groups excluding carboxylic acids is 4. The second-order valence-corrected chi connectivity index (χ2v) is 8.35. The molecule has 0 unspecified atom stereocenters. The molecule has 3 amide bonds. The van der Waals surface area contributed by atoms with Crippen LogP contribution in [-0.2, 0) is 27.2 Å². The van der Waals surface area contributed by atoms with E-state index in [0.29, 0.717) is 23.5 Å². The summed E-state index contributed by atoms with van der Waals surface area (Å²) < 4.78 is 5.08. The number of primary amides is 1. The van der Waals surface area contributed by atoms with Gasteiger partial charge in [-0.05, 0) is 55.5 Å². The number of ether oxygens (including phenoxy) is 1. The van der Waals surface area contributed by atoms with Crippen molar-refractivity contribution in [1.29, 1.82) is 0 Å². The molecule has 0 spiro atoms. The Morgan fingerprint density at radius 2 is 1.87 bits per heavy atom. The number of benzene rings is 1. The third-order valence-electron chi connectivity index (χ3n) is 5.24. The highest BCUT2D eigenvalue weighted by Crippen LogP contribution is 2.38. The molecule has 9 heteroatoms. The fraction of sp³-hybridized carbons (Fsp3) is 0.333. The van der Waals surface area contributed by atoms with E-state index >= 15 is 0 Å². The molecule has 3 N–H and O–H groups in total. The summed E-state index contributed by atoms with van der Waals surface area (Å²) in [5.74, 6) is -1.69. The molecule has 1 aromatic heterocycles. The third-order valence-corrected chi connectivity index (χ3v) is 6.45. The predicted octanol–water partition coefficient (Wildman–Crippen LogP) is 2.26. The third kappa shape index (κ3) is 3.93. The number of aryl methyl sites for hydroxylation is 1. The lowest BCUT2D eigenvalue weighted by Gasteiger charge is -2.15. The molecular formula is C21H21N3O5S. The van der Waals surface area contributed by atoms with Crippen molar-refractivity contribution < 1.29 is 23.9 Å². The number of fused-ring (bicyclic) bond motifs is 1. The Morgan fingerprint density at radius 3 is 2.53 bits per heavy atom. The van der Waals surface area contributed by atoms with Crippen LogP contribution in [0.3, 0.4) is 0 Å². The minimum absolute atomic E-state index is 0.0666. The number of nitrogens with two attached hydrogens (primary N) is 1. The van der Waals surface area contributed by atoms with Crippen LogP contribution in [0.2, 0.25) is 0 Å². The molecule has 1 aliphatic carbocycles. The van der Waals surface area contributed by atoms with Gasteiger partial charge in [-0.1, -0.05) is 0 Å². The maximum atomic E-state index is 12.2. The largest absolute Gasteiger partial charge is 0.452 e. The van der Waals surface area contributed by atoms with Crippen LogP contribution >= 0.6 is 11.3 Å². The van der Waals surface area contributed by atoms with E-state index in [2.05, 4.69) is 5.32 Å². The van der Waals surface area contributed by atoms with E-state index in [1.54, 1.807) is 29.2 Å². The van der Waals surface area contributed by atoms with Crippen molar-refractivity contribution in [3.8, 4) is 0 Å². The highest BCUT2D eigenvalue weighted by atomic mass is 32.1. The zero-order valence-electron chi connectivity index (χ0n) is 16.2. The summed E-state index contributed by atoms with van der Waals surface area (Å²) >= 11 is 1.34. The van der Waals surface area contributed by atoms with Gasteiger partial charge in [-0.2, -0.15) is 0 Å². The topological polar surface area (TPSA) is 119 Å². The number of rotatable bonds is 6. The van der Waals surface area contributed by atoms with Gasteiger partial charge >= 0.3 is 5.97 Å². The van der Waals surface area contributed by atoms with Crippen LogP contribution < -0.4 is 16.0 Å². The quantitative estimate of drug-likeness (QED) is 0.686. The number of anilines is 2. The fourth-order valence-corrected chi connectivity index (χ4v) is 5.14. The first kappa shape index (κ1) is 20.1. The Hall–Kier alpha value is -3.20. The molecule has 1 fully saturated rings. The van der Waals surface area contributed by atoms with Gasteiger partial charge in [-0.25, -0.2) is 4.79 Å². The minimum atomic E-state index is -0.645. The highest BCUT2D eigenvalue weighted by Gasteiger charge is 2.26. The van der Waals surface area contributed by atoms with Gasteiger partial charge in [0, 0.05) is 23.5 Å². The molecule has 2 heterocycles. The van der Waals surface area contributed by atoms with E-state index in [9.17, 15) is 19.2 Å². The van der Waals surface area contributed by atoms with Crippen molar-refractivity contribution in [3.05, 3.63) is 45.8 Å². The van der Waals surface area contributed by atoms with E-state index in [-0.39, 0.29) is 11.5 Å². The molecule has 1 aromatic carbocycles. The summed E-state index contributed by atoms with van der Waals surface area (Å²) in [6.07, 6.45) is 3.96. The minimum Gasteiger partial charge on any atom is -0.452 e. The monoisotopic (exact) mass is 427 g/mol.